The Hall–Kier alpha value is -1.20. The lowest BCUT2D eigenvalue weighted by atomic mass is 9.74. The van der Waals surface area contributed by atoms with E-state index in [0.29, 0.717) is 5.92 Å². The van der Waals surface area contributed by atoms with Crippen molar-refractivity contribution < 1.29 is 5.11 Å². The van der Waals surface area contributed by atoms with E-state index in [2.05, 4.69) is 20.2 Å². The Bertz CT molecular complexity index is 473. The predicted octanol–water partition coefficient (Wildman–Crippen LogP) is 2.01. The van der Waals surface area contributed by atoms with Gasteiger partial charge in [-0.3, -0.25) is 4.90 Å². The van der Waals surface area contributed by atoms with Gasteiger partial charge >= 0.3 is 0 Å². The summed E-state index contributed by atoms with van der Waals surface area (Å²) in [7, 11) is 0. The van der Waals surface area contributed by atoms with Crippen molar-refractivity contribution in [2.75, 3.05) is 31.5 Å². The van der Waals surface area contributed by atoms with Crippen molar-refractivity contribution in [3.05, 3.63) is 18.5 Å². The van der Waals surface area contributed by atoms with Crippen LogP contribution in [0.25, 0.3) is 0 Å². The topological polar surface area (TPSA) is 61.3 Å². The van der Waals surface area contributed by atoms with Gasteiger partial charge in [0.1, 0.15) is 0 Å². The zero-order valence-electron chi connectivity index (χ0n) is 13.7. The van der Waals surface area contributed by atoms with Crippen LogP contribution in [0.4, 0.5) is 5.95 Å². The molecule has 0 spiro atoms. The van der Waals surface area contributed by atoms with E-state index >= 15 is 0 Å². The van der Waals surface area contributed by atoms with Crippen LogP contribution in [0.15, 0.2) is 18.5 Å². The predicted molar refractivity (Wildman–Crippen MR) is 87.6 cm³/mol. The highest BCUT2D eigenvalue weighted by atomic mass is 16.3. The molecule has 0 bridgehead atoms. The largest absolute Gasteiger partial charge is 0.389 e. The molecule has 1 aliphatic carbocycles. The Morgan fingerprint density at radius 2 is 2.05 bits per heavy atom. The normalized spacial score (nSPS) is 29.3. The number of β-amino-alcohol motifs (C(OH)–C–C–N with tert-alkyl or cyclic N) is 1. The number of aromatic nitrogens is 2. The average Bonchev–Trinajstić information content (AvgIpc) is 2.86. The Morgan fingerprint density at radius 3 is 2.77 bits per heavy atom. The molecule has 0 aromatic carbocycles. The van der Waals surface area contributed by atoms with E-state index in [1.807, 2.05) is 19.9 Å². The monoisotopic (exact) mass is 304 g/mol. The zero-order chi connectivity index (χ0) is 15.6. The second-order valence-electron chi connectivity index (χ2n) is 7.57. The van der Waals surface area contributed by atoms with Crippen molar-refractivity contribution >= 4 is 5.95 Å². The van der Waals surface area contributed by atoms with Gasteiger partial charge in [0.2, 0.25) is 5.95 Å². The molecule has 1 aliphatic heterocycles. The highest BCUT2D eigenvalue weighted by Gasteiger charge is 2.40. The van der Waals surface area contributed by atoms with Crippen LogP contribution in [0.3, 0.4) is 0 Å². The van der Waals surface area contributed by atoms with Gasteiger partial charge in [0, 0.05) is 38.6 Å². The lowest BCUT2D eigenvalue weighted by Gasteiger charge is -2.33. The standard InChI is InChI=1S/C17H28N4O/c1-17(2,22)12-21-10-14-6-3-5-13(15(14)11-21)9-20-16-18-7-4-8-19-16/h4,7-8,13-15,22H,3,5-6,9-12H2,1-2H3,(H,18,19,20)/t13-,14+,15+/m1/s1. The Kier molecular flexibility index (Phi) is 4.64. The quantitative estimate of drug-likeness (QED) is 0.871. The molecular formula is C17H28N4O. The highest BCUT2D eigenvalue weighted by Crippen LogP contribution is 2.40. The van der Waals surface area contributed by atoms with E-state index in [4.69, 9.17) is 0 Å². The molecule has 22 heavy (non-hydrogen) atoms. The molecule has 3 atom stereocenters. The summed E-state index contributed by atoms with van der Waals surface area (Å²) in [6.07, 6.45) is 7.50. The number of nitrogens with zero attached hydrogens (tertiary/aromatic N) is 3. The molecule has 0 radical (unpaired) electrons. The van der Waals surface area contributed by atoms with Crippen LogP contribution in [-0.4, -0.2) is 51.8 Å². The van der Waals surface area contributed by atoms with Gasteiger partial charge in [0.05, 0.1) is 5.60 Å². The molecule has 3 rings (SSSR count). The van der Waals surface area contributed by atoms with Crippen LogP contribution >= 0.6 is 0 Å². The van der Waals surface area contributed by atoms with E-state index in [-0.39, 0.29) is 0 Å². The lowest BCUT2D eigenvalue weighted by Crippen LogP contribution is -2.38. The van der Waals surface area contributed by atoms with Crippen molar-refractivity contribution in [3.8, 4) is 0 Å². The maximum atomic E-state index is 10.1. The van der Waals surface area contributed by atoms with Crippen molar-refractivity contribution in [2.24, 2.45) is 17.8 Å². The van der Waals surface area contributed by atoms with Crippen molar-refractivity contribution in [3.63, 3.8) is 0 Å². The van der Waals surface area contributed by atoms with Gasteiger partial charge in [0.25, 0.3) is 0 Å². The first kappa shape index (κ1) is 15.7. The lowest BCUT2D eigenvalue weighted by molar-refractivity contribution is 0.0417. The van der Waals surface area contributed by atoms with E-state index < -0.39 is 5.60 Å². The third-order valence-corrected chi connectivity index (χ3v) is 5.02. The number of hydrogen-bond acceptors (Lipinski definition) is 5. The minimum absolute atomic E-state index is 0.598. The van der Waals surface area contributed by atoms with Crippen LogP contribution in [-0.2, 0) is 0 Å². The van der Waals surface area contributed by atoms with E-state index in [9.17, 15) is 5.11 Å². The molecule has 0 unspecified atom stereocenters. The first-order chi connectivity index (χ1) is 10.5. The van der Waals surface area contributed by atoms with E-state index in [0.717, 1.165) is 44.0 Å². The van der Waals surface area contributed by atoms with E-state index in [1.165, 1.54) is 19.3 Å². The van der Waals surface area contributed by atoms with Crippen LogP contribution in [0.1, 0.15) is 33.1 Å². The number of anilines is 1. The van der Waals surface area contributed by atoms with Gasteiger partial charge < -0.3 is 10.4 Å². The Balaban J connectivity index is 1.57. The van der Waals surface area contributed by atoms with Gasteiger partial charge in [-0.25, -0.2) is 9.97 Å². The van der Waals surface area contributed by atoms with Gasteiger partial charge in [0.15, 0.2) is 0 Å². The first-order valence-corrected chi connectivity index (χ1v) is 8.47. The average molecular weight is 304 g/mol. The maximum absolute atomic E-state index is 10.1. The number of likely N-dealkylation sites (tertiary alicyclic amines) is 1. The van der Waals surface area contributed by atoms with Gasteiger partial charge in [-0.2, -0.15) is 0 Å². The van der Waals surface area contributed by atoms with Gasteiger partial charge in [-0.1, -0.05) is 6.42 Å². The number of nitrogens with one attached hydrogen (secondary N) is 1. The molecule has 2 heterocycles. The summed E-state index contributed by atoms with van der Waals surface area (Å²) in [5, 5.41) is 13.5. The van der Waals surface area contributed by atoms with Gasteiger partial charge in [-0.05, 0) is 50.5 Å². The second-order valence-corrected chi connectivity index (χ2v) is 7.57. The summed E-state index contributed by atoms with van der Waals surface area (Å²) < 4.78 is 0. The van der Waals surface area contributed by atoms with Crippen LogP contribution in [0, 0.1) is 17.8 Å². The third-order valence-electron chi connectivity index (χ3n) is 5.02. The van der Waals surface area contributed by atoms with Crippen molar-refractivity contribution in [2.45, 2.75) is 38.7 Å². The third kappa shape index (κ3) is 3.96. The Morgan fingerprint density at radius 1 is 1.27 bits per heavy atom. The summed E-state index contributed by atoms with van der Waals surface area (Å²) in [5.74, 6) is 2.96. The summed E-state index contributed by atoms with van der Waals surface area (Å²) in [4.78, 5) is 10.9. The molecule has 0 amide bonds. The first-order valence-electron chi connectivity index (χ1n) is 8.47. The summed E-state index contributed by atoms with van der Waals surface area (Å²) >= 11 is 0. The minimum atomic E-state index is -0.598. The fourth-order valence-electron chi connectivity index (χ4n) is 4.23. The summed E-state index contributed by atoms with van der Waals surface area (Å²) in [6, 6.07) is 1.84. The molecule has 1 saturated carbocycles. The number of aliphatic hydroxyl groups is 1. The molecule has 122 valence electrons. The molecule has 1 aromatic heterocycles. The van der Waals surface area contributed by atoms with Gasteiger partial charge in [-0.15, -0.1) is 0 Å². The maximum Gasteiger partial charge on any atom is 0.222 e. The van der Waals surface area contributed by atoms with E-state index in [1.54, 1.807) is 12.4 Å². The molecule has 1 saturated heterocycles. The number of rotatable bonds is 5. The van der Waals surface area contributed by atoms with Crippen molar-refractivity contribution in [1.82, 2.24) is 14.9 Å². The molecule has 1 aromatic rings. The summed E-state index contributed by atoms with van der Waals surface area (Å²) in [5.41, 5.74) is -0.598. The smallest absolute Gasteiger partial charge is 0.222 e. The fraction of sp³-hybridized carbons (Fsp3) is 0.765. The Labute approximate surface area is 133 Å². The second kappa shape index (κ2) is 6.50. The number of fused-ring (bicyclic) bond motifs is 1. The number of hydrogen-bond donors (Lipinski definition) is 2. The van der Waals surface area contributed by atoms with Crippen LogP contribution < -0.4 is 5.32 Å². The molecule has 5 heteroatoms. The summed E-state index contributed by atoms with van der Waals surface area (Å²) in [6.45, 7) is 7.81. The fourth-order valence-corrected chi connectivity index (χ4v) is 4.23. The highest BCUT2D eigenvalue weighted by molar-refractivity contribution is 5.22. The van der Waals surface area contributed by atoms with Crippen LogP contribution in [0.2, 0.25) is 0 Å². The molecule has 5 nitrogen and oxygen atoms in total. The molecular weight excluding hydrogens is 276 g/mol. The molecule has 2 N–H and O–H groups in total. The minimum Gasteiger partial charge on any atom is -0.389 e. The molecule has 2 fully saturated rings. The zero-order valence-corrected chi connectivity index (χ0v) is 13.7. The SMILES string of the molecule is CC(C)(O)CN1C[C@@H]2CCC[C@H](CNc3ncccn3)[C@@H]2C1. The van der Waals surface area contributed by atoms with Crippen molar-refractivity contribution in [1.29, 1.82) is 0 Å². The van der Waals surface area contributed by atoms with Crippen LogP contribution in [0.5, 0.6) is 0 Å². The molecule has 2 aliphatic rings.